The van der Waals surface area contributed by atoms with Gasteiger partial charge < -0.3 is 35.4 Å². The van der Waals surface area contributed by atoms with E-state index in [1.807, 2.05) is 13.8 Å². The Morgan fingerprint density at radius 3 is 2.44 bits per heavy atom. The van der Waals surface area contributed by atoms with Gasteiger partial charge in [-0.25, -0.2) is 0 Å². The van der Waals surface area contributed by atoms with Crippen LogP contribution in [0.2, 0.25) is 0 Å². The molecule has 3 rings (SSSR count). The average Bonchev–Trinajstić information content (AvgIpc) is 2.56. The van der Waals surface area contributed by atoms with Gasteiger partial charge in [0.1, 0.15) is 18.3 Å². The Morgan fingerprint density at radius 2 is 1.80 bits per heavy atom. The number of nitrogens with zero attached hydrogens (tertiary/aromatic N) is 1. The Balaban J connectivity index is 2.06. The lowest BCUT2D eigenvalue weighted by atomic mass is 9.79. The predicted octanol–water partition coefficient (Wildman–Crippen LogP) is -1.01. The molecule has 2 aliphatic rings. The van der Waals surface area contributed by atoms with Gasteiger partial charge in [-0.05, 0) is 43.5 Å². The fraction of sp³-hybridized carbons (Fsp3) is 0.647. The summed E-state index contributed by atoms with van der Waals surface area (Å²) in [7, 11) is 0. The number of aliphatic hydroxyl groups excluding tert-OH is 4. The summed E-state index contributed by atoms with van der Waals surface area (Å²) in [4.78, 5) is 1.73. The van der Waals surface area contributed by atoms with Crippen LogP contribution >= 0.6 is 0 Å². The number of fused-ring (bicyclic) bond motifs is 1. The van der Waals surface area contributed by atoms with Gasteiger partial charge in [-0.1, -0.05) is 0 Å². The van der Waals surface area contributed by atoms with E-state index in [0.717, 1.165) is 11.1 Å². The molecule has 0 spiro atoms. The molecule has 25 heavy (non-hydrogen) atoms. The Labute approximate surface area is 145 Å². The lowest BCUT2D eigenvalue weighted by molar-refractivity contribution is -0.317. The molecular formula is C17H25NO7. The Bertz CT molecular complexity index is 665. The van der Waals surface area contributed by atoms with Gasteiger partial charge in [-0.2, -0.15) is 0 Å². The normalized spacial score (nSPS) is 35.4. The first-order valence-corrected chi connectivity index (χ1v) is 8.27. The molecule has 8 heteroatoms. The van der Waals surface area contributed by atoms with Crippen molar-refractivity contribution in [1.29, 1.82) is 0 Å². The summed E-state index contributed by atoms with van der Waals surface area (Å²) in [6.07, 6.45) is -3.72. The highest BCUT2D eigenvalue weighted by Crippen LogP contribution is 2.45. The average molecular weight is 355 g/mol. The third-order valence-corrected chi connectivity index (χ3v) is 5.51. The fourth-order valence-corrected chi connectivity index (χ4v) is 4.07. The van der Waals surface area contributed by atoms with E-state index in [9.17, 15) is 30.6 Å². The molecular weight excluding hydrogens is 330 g/mol. The number of hydrogen-bond acceptors (Lipinski definition) is 8. The molecule has 8 nitrogen and oxygen atoms in total. The van der Waals surface area contributed by atoms with Gasteiger partial charge in [0.05, 0.1) is 13.2 Å². The molecule has 0 aromatic heterocycles. The van der Waals surface area contributed by atoms with Crippen molar-refractivity contribution < 1.29 is 35.4 Å². The van der Waals surface area contributed by atoms with Gasteiger partial charge in [0.2, 0.25) is 0 Å². The van der Waals surface area contributed by atoms with Crippen LogP contribution in [0.4, 0.5) is 0 Å². The Kier molecular flexibility index (Phi) is 4.47. The zero-order chi connectivity index (χ0) is 18.6. The highest BCUT2D eigenvalue weighted by Gasteiger charge is 2.57. The standard InChI is InChI=1S/C17H25NO7/c1-16(2)10-6-12(21)11(20)5-9(10)3-4-18(16)17(8-19)15(24)14(23)13(22)7-25-17/h5-6,13-15,19-24H,3-4,7-8H2,1-2H3/t13-,14-,15+,17-/m1/s1. The minimum atomic E-state index is -1.59. The summed E-state index contributed by atoms with van der Waals surface area (Å²) in [6.45, 7) is 3.25. The summed E-state index contributed by atoms with van der Waals surface area (Å²) in [5.41, 5.74) is -0.813. The van der Waals surface area contributed by atoms with Crippen LogP contribution < -0.4 is 0 Å². The lowest BCUT2D eigenvalue weighted by Gasteiger charge is -2.57. The summed E-state index contributed by atoms with van der Waals surface area (Å²) >= 11 is 0. The van der Waals surface area contributed by atoms with E-state index in [-0.39, 0.29) is 18.1 Å². The zero-order valence-corrected chi connectivity index (χ0v) is 14.3. The van der Waals surface area contributed by atoms with Crippen molar-refractivity contribution in [3.8, 4) is 11.5 Å². The summed E-state index contributed by atoms with van der Waals surface area (Å²) in [6, 6.07) is 2.97. The fourth-order valence-electron chi connectivity index (χ4n) is 4.07. The smallest absolute Gasteiger partial charge is 0.174 e. The summed E-state index contributed by atoms with van der Waals surface area (Å²) in [5, 5.41) is 60.1. The molecule has 140 valence electrons. The van der Waals surface area contributed by atoms with Gasteiger partial charge >= 0.3 is 0 Å². The molecule has 4 atom stereocenters. The maximum atomic E-state index is 10.6. The first kappa shape index (κ1) is 18.4. The van der Waals surface area contributed by atoms with Gasteiger partial charge in [0.15, 0.2) is 17.2 Å². The largest absolute Gasteiger partial charge is 0.504 e. The van der Waals surface area contributed by atoms with Crippen LogP contribution in [-0.4, -0.2) is 79.3 Å². The van der Waals surface area contributed by atoms with Crippen LogP contribution in [0.5, 0.6) is 11.5 Å². The highest BCUT2D eigenvalue weighted by atomic mass is 16.6. The molecule has 2 aliphatic heterocycles. The molecule has 1 aromatic rings. The van der Waals surface area contributed by atoms with E-state index >= 15 is 0 Å². The Hall–Kier alpha value is -1.42. The Morgan fingerprint density at radius 1 is 1.16 bits per heavy atom. The minimum Gasteiger partial charge on any atom is -0.504 e. The van der Waals surface area contributed by atoms with E-state index in [1.54, 1.807) is 4.90 Å². The predicted molar refractivity (Wildman–Crippen MR) is 87.0 cm³/mol. The molecule has 2 heterocycles. The van der Waals surface area contributed by atoms with E-state index in [4.69, 9.17) is 4.74 Å². The van der Waals surface area contributed by atoms with Crippen molar-refractivity contribution >= 4 is 0 Å². The number of benzene rings is 1. The highest BCUT2D eigenvalue weighted by molar-refractivity contribution is 5.49. The van der Waals surface area contributed by atoms with E-state index in [0.29, 0.717) is 13.0 Å². The topological polar surface area (TPSA) is 134 Å². The maximum absolute atomic E-state index is 10.6. The number of phenolic OH excluding ortho intramolecular Hbond substituents is 2. The quantitative estimate of drug-likeness (QED) is 0.372. The lowest BCUT2D eigenvalue weighted by Crippen LogP contribution is -2.73. The third kappa shape index (κ3) is 2.61. The van der Waals surface area contributed by atoms with Gasteiger partial charge in [0.25, 0.3) is 0 Å². The van der Waals surface area contributed by atoms with Crippen molar-refractivity contribution in [2.45, 2.75) is 49.8 Å². The maximum Gasteiger partial charge on any atom is 0.174 e. The molecule has 1 aromatic carbocycles. The second-order valence-corrected chi connectivity index (χ2v) is 7.28. The number of aliphatic hydroxyl groups is 4. The van der Waals surface area contributed by atoms with Crippen LogP contribution in [0.15, 0.2) is 12.1 Å². The van der Waals surface area contributed by atoms with Crippen LogP contribution in [0, 0.1) is 0 Å². The van der Waals surface area contributed by atoms with Crippen molar-refractivity contribution in [3.63, 3.8) is 0 Å². The monoisotopic (exact) mass is 355 g/mol. The van der Waals surface area contributed by atoms with Crippen molar-refractivity contribution in [2.75, 3.05) is 19.8 Å². The van der Waals surface area contributed by atoms with E-state index in [1.165, 1.54) is 12.1 Å². The van der Waals surface area contributed by atoms with Crippen molar-refractivity contribution in [2.24, 2.45) is 0 Å². The first-order valence-electron chi connectivity index (χ1n) is 8.27. The van der Waals surface area contributed by atoms with Gasteiger partial charge in [0, 0.05) is 12.1 Å². The van der Waals surface area contributed by atoms with Crippen LogP contribution in [0.25, 0.3) is 0 Å². The SMILES string of the molecule is CC1(C)c2cc(O)c(O)cc2CCN1[C@]1(CO)OC[C@@H](O)[C@@H](O)[C@@H]1O. The number of ether oxygens (including phenoxy) is 1. The number of phenols is 2. The van der Waals surface area contributed by atoms with Crippen molar-refractivity contribution in [1.82, 2.24) is 4.90 Å². The third-order valence-electron chi connectivity index (χ3n) is 5.51. The van der Waals surface area contributed by atoms with Gasteiger partial charge in [-0.3, -0.25) is 4.90 Å². The van der Waals surface area contributed by atoms with Gasteiger partial charge in [-0.15, -0.1) is 0 Å². The first-order chi connectivity index (χ1) is 11.6. The molecule has 1 saturated heterocycles. The molecule has 6 N–H and O–H groups in total. The van der Waals surface area contributed by atoms with Crippen LogP contribution in [0.3, 0.4) is 0 Å². The molecule has 0 unspecified atom stereocenters. The van der Waals surface area contributed by atoms with E-state index < -0.39 is 36.2 Å². The minimum absolute atomic E-state index is 0.202. The van der Waals surface area contributed by atoms with Crippen LogP contribution in [0.1, 0.15) is 25.0 Å². The molecule has 0 radical (unpaired) electrons. The molecule has 0 bridgehead atoms. The van der Waals surface area contributed by atoms with E-state index in [2.05, 4.69) is 0 Å². The second-order valence-electron chi connectivity index (χ2n) is 7.28. The molecule has 1 fully saturated rings. The zero-order valence-electron chi connectivity index (χ0n) is 14.3. The van der Waals surface area contributed by atoms with Crippen LogP contribution in [-0.2, 0) is 16.7 Å². The number of hydrogen-bond donors (Lipinski definition) is 6. The summed E-state index contributed by atoms with van der Waals surface area (Å²) in [5.74, 6) is -0.459. The summed E-state index contributed by atoms with van der Waals surface area (Å²) < 4.78 is 5.66. The number of aromatic hydroxyl groups is 2. The second kappa shape index (κ2) is 6.08. The molecule has 0 aliphatic carbocycles. The molecule has 0 amide bonds. The number of rotatable bonds is 2. The van der Waals surface area contributed by atoms with Crippen molar-refractivity contribution in [3.05, 3.63) is 23.3 Å². The molecule has 0 saturated carbocycles.